The second-order valence-corrected chi connectivity index (χ2v) is 9.60. The van der Waals surface area contributed by atoms with Crippen molar-refractivity contribution in [3.8, 4) is 0 Å². The fourth-order valence-corrected chi connectivity index (χ4v) is 3.99. The van der Waals surface area contributed by atoms with Crippen LogP contribution in [-0.2, 0) is 16.4 Å². The molecule has 0 spiro atoms. The van der Waals surface area contributed by atoms with Crippen molar-refractivity contribution in [1.82, 2.24) is 14.9 Å². The number of hydrogen-bond acceptors (Lipinski definition) is 5. The number of hydrogen-bond donors (Lipinski definition) is 1. The van der Waals surface area contributed by atoms with Crippen molar-refractivity contribution in [2.75, 3.05) is 12.8 Å². The molecule has 0 saturated heterocycles. The summed E-state index contributed by atoms with van der Waals surface area (Å²) in [7, 11) is -3.45. The maximum absolute atomic E-state index is 13.2. The molecule has 7 nitrogen and oxygen atoms in total. The first-order valence-electron chi connectivity index (χ1n) is 9.38. The normalized spacial score (nSPS) is 11.6. The Bertz CT molecular complexity index is 1290. The van der Waals surface area contributed by atoms with Crippen molar-refractivity contribution in [2.45, 2.75) is 31.7 Å². The van der Waals surface area contributed by atoms with E-state index in [-0.39, 0.29) is 22.9 Å². The Morgan fingerprint density at radius 1 is 1.20 bits per heavy atom. The molecule has 0 aliphatic carbocycles. The first-order chi connectivity index (χ1) is 14.1. The number of amides is 1. The van der Waals surface area contributed by atoms with E-state index >= 15 is 0 Å². The number of benzene rings is 2. The van der Waals surface area contributed by atoms with Gasteiger partial charge in [-0.2, -0.15) is 0 Å². The molecule has 0 unspecified atom stereocenters. The quantitative estimate of drug-likeness (QED) is 0.624. The van der Waals surface area contributed by atoms with Crippen LogP contribution in [0.25, 0.3) is 10.9 Å². The van der Waals surface area contributed by atoms with Crippen molar-refractivity contribution in [3.05, 3.63) is 68.7 Å². The summed E-state index contributed by atoms with van der Waals surface area (Å²) < 4.78 is 23.8. The summed E-state index contributed by atoms with van der Waals surface area (Å²) in [6.07, 6.45) is 1.78. The highest BCUT2D eigenvalue weighted by Gasteiger charge is 2.21. The van der Waals surface area contributed by atoms with Gasteiger partial charge >= 0.3 is 0 Å². The summed E-state index contributed by atoms with van der Waals surface area (Å²) in [6, 6.07) is 9.31. The van der Waals surface area contributed by atoms with Gasteiger partial charge in [0.05, 0.1) is 22.3 Å². The summed E-state index contributed by atoms with van der Waals surface area (Å²) in [6.45, 7) is 4.17. The number of nitrogens with one attached hydrogen (secondary N) is 1. The maximum atomic E-state index is 13.2. The molecule has 2 aromatic carbocycles. The van der Waals surface area contributed by atoms with E-state index < -0.39 is 9.84 Å². The number of carbonyl (C=O) groups is 1. The Labute approximate surface area is 179 Å². The van der Waals surface area contributed by atoms with Gasteiger partial charge in [-0.3, -0.25) is 9.59 Å². The van der Waals surface area contributed by atoms with Crippen molar-refractivity contribution in [2.24, 2.45) is 0 Å². The van der Waals surface area contributed by atoms with Gasteiger partial charge in [-0.15, -0.1) is 0 Å². The molecule has 3 rings (SSSR count). The average Bonchev–Trinajstić information content (AvgIpc) is 2.66. The highest BCUT2D eigenvalue weighted by molar-refractivity contribution is 7.90. The zero-order valence-electron chi connectivity index (χ0n) is 16.9. The zero-order valence-corrected chi connectivity index (χ0v) is 18.5. The van der Waals surface area contributed by atoms with Crippen molar-refractivity contribution >= 4 is 38.2 Å². The topological polar surface area (TPSA) is 100 Å². The number of aryl methyl sites for hydroxylation is 1. The van der Waals surface area contributed by atoms with Crippen molar-refractivity contribution in [1.29, 1.82) is 0 Å². The summed E-state index contributed by atoms with van der Waals surface area (Å²) in [5, 5.41) is 0.870. The molecule has 1 aromatic heterocycles. The molecule has 0 fully saturated rings. The van der Waals surface area contributed by atoms with Crippen LogP contribution in [0.2, 0.25) is 5.02 Å². The number of fused-ring (bicyclic) bond motifs is 1. The summed E-state index contributed by atoms with van der Waals surface area (Å²) in [5.41, 5.74) is 1.10. The third-order valence-corrected chi connectivity index (χ3v) is 6.05. The molecule has 0 aliphatic rings. The smallest absolute Gasteiger partial charge is 0.258 e. The third-order valence-electron chi connectivity index (χ3n) is 4.71. The Hall–Kier alpha value is -2.71. The van der Waals surface area contributed by atoms with Crippen LogP contribution in [0, 0.1) is 6.92 Å². The van der Waals surface area contributed by atoms with E-state index in [1.165, 1.54) is 12.1 Å². The van der Waals surface area contributed by atoms with Crippen LogP contribution in [0.15, 0.2) is 46.1 Å². The molecule has 0 radical (unpaired) electrons. The van der Waals surface area contributed by atoms with E-state index in [2.05, 4.69) is 9.97 Å². The molecule has 0 atom stereocenters. The molecule has 0 saturated carbocycles. The van der Waals surface area contributed by atoms with Gasteiger partial charge in [-0.05, 0) is 49.2 Å². The summed E-state index contributed by atoms with van der Waals surface area (Å²) in [5.74, 6) is 0.00202. The molecule has 3 aromatic rings. The fourth-order valence-electron chi connectivity index (χ4n) is 3.17. The van der Waals surface area contributed by atoms with Gasteiger partial charge in [0.15, 0.2) is 9.84 Å². The van der Waals surface area contributed by atoms with Gasteiger partial charge < -0.3 is 9.88 Å². The monoisotopic (exact) mass is 447 g/mol. The lowest BCUT2D eigenvalue weighted by Gasteiger charge is -2.23. The van der Waals surface area contributed by atoms with Crippen LogP contribution in [0.5, 0.6) is 0 Å². The van der Waals surface area contributed by atoms with Gasteiger partial charge in [-0.25, -0.2) is 13.4 Å². The van der Waals surface area contributed by atoms with Crippen molar-refractivity contribution < 1.29 is 13.2 Å². The SMILES string of the molecule is CCCN(Cc1nc2cc(Cl)ccc2c(=O)[nH]1)C(=O)c1cc(S(C)(=O)=O)ccc1C. The van der Waals surface area contributed by atoms with E-state index in [1.54, 1.807) is 36.1 Å². The van der Waals surface area contributed by atoms with Gasteiger partial charge in [0.1, 0.15) is 5.82 Å². The van der Waals surface area contributed by atoms with Crippen LogP contribution in [0.1, 0.15) is 35.1 Å². The fraction of sp³-hybridized carbons (Fsp3) is 0.286. The number of aromatic nitrogens is 2. The van der Waals surface area contributed by atoms with E-state index in [1.807, 2.05) is 6.92 Å². The van der Waals surface area contributed by atoms with Crippen molar-refractivity contribution in [3.63, 3.8) is 0 Å². The molecule has 9 heteroatoms. The second kappa shape index (κ2) is 8.57. The number of rotatable bonds is 6. The molecule has 1 amide bonds. The summed E-state index contributed by atoms with van der Waals surface area (Å²) >= 11 is 6.01. The van der Waals surface area contributed by atoms with Crippen LogP contribution in [0.3, 0.4) is 0 Å². The van der Waals surface area contributed by atoms with Crippen LogP contribution >= 0.6 is 11.6 Å². The first-order valence-corrected chi connectivity index (χ1v) is 11.7. The van der Waals surface area contributed by atoms with Crippen LogP contribution < -0.4 is 5.56 Å². The van der Waals surface area contributed by atoms with E-state index in [0.29, 0.717) is 45.8 Å². The minimum Gasteiger partial charge on any atom is -0.331 e. The lowest BCUT2D eigenvalue weighted by atomic mass is 10.1. The molecule has 1 N–H and O–H groups in total. The number of halogens is 1. The van der Waals surface area contributed by atoms with E-state index in [0.717, 1.165) is 6.26 Å². The van der Waals surface area contributed by atoms with Gasteiger partial charge in [0, 0.05) is 23.4 Å². The number of sulfone groups is 1. The van der Waals surface area contributed by atoms with Gasteiger partial charge in [-0.1, -0.05) is 24.6 Å². The Morgan fingerprint density at radius 3 is 2.60 bits per heavy atom. The molecule has 158 valence electrons. The molecular formula is C21H22ClN3O4S. The Balaban J connectivity index is 2.00. The first kappa shape index (κ1) is 22.0. The number of carbonyl (C=O) groups excluding carboxylic acids is 1. The van der Waals surface area contributed by atoms with Gasteiger partial charge in [0.2, 0.25) is 0 Å². The average molecular weight is 448 g/mol. The molecular weight excluding hydrogens is 426 g/mol. The second-order valence-electron chi connectivity index (χ2n) is 7.15. The number of nitrogens with zero attached hydrogens (tertiary/aromatic N) is 2. The third kappa shape index (κ3) is 4.71. The van der Waals surface area contributed by atoms with Crippen LogP contribution in [0.4, 0.5) is 0 Å². The number of H-pyrrole nitrogens is 1. The predicted molar refractivity (Wildman–Crippen MR) is 117 cm³/mol. The molecule has 0 aliphatic heterocycles. The molecule has 1 heterocycles. The minimum atomic E-state index is -3.45. The maximum Gasteiger partial charge on any atom is 0.258 e. The van der Waals surface area contributed by atoms with Crippen LogP contribution in [-0.4, -0.2) is 42.0 Å². The molecule has 0 bridgehead atoms. The summed E-state index contributed by atoms with van der Waals surface area (Å²) in [4.78, 5) is 34.4. The Kier molecular flexibility index (Phi) is 6.28. The highest BCUT2D eigenvalue weighted by Crippen LogP contribution is 2.19. The van der Waals surface area contributed by atoms with E-state index in [9.17, 15) is 18.0 Å². The largest absolute Gasteiger partial charge is 0.331 e. The lowest BCUT2D eigenvalue weighted by molar-refractivity contribution is 0.0738. The standard InChI is InChI=1S/C21H22ClN3O4S/c1-4-9-25(21(27)17-11-15(30(3,28)29)7-5-13(17)2)12-19-23-18-10-14(22)6-8-16(18)20(26)24-19/h5-8,10-11H,4,9,12H2,1-3H3,(H,23,24,26). The van der Waals surface area contributed by atoms with Gasteiger partial charge in [0.25, 0.3) is 11.5 Å². The highest BCUT2D eigenvalue weighted by atomic mass is 35.5. The Morgan fingerprint density at radius 2 is 1.93 bits per heavy atom. The lowest BCUT2D eigenvalue weighted by Crippen LogP contribution is -2.33. The number of aromatic amines is 1. The predicted octanol–water partition coefficient (Wildman–Crippen LogP) is 3.34. The zero-order chi connectivity index (χ0) is 22.1. The van der Waals surface area contributed by atoms with E-state index in [4.69, 9.17) is 11.6 Å². The minimum absolute atomic E-state index is 0.0763. The molecule has 30 heavy (non-hydrogen) atoms.